The van der Waals surface area contributed by atoms with E-state index in [1.165, 1.54) is 0 Å². The van der Waals surface area contributed by atoms with Crippen LogP contribution in [0.1, 0.15) is 18.1 Å². The van der Waals surface area contributed by atoms with E-state index in [0.717, 1.165) is 18.5 Å². The number of amides is 1. The first-order chi connectivity index (χ1) is 8.22. The Hall–Kier alpha value is -1.39. The predicted molar refractivity (Wildman–Crippen MR) is 65.4 cm³/mol. The van der Waals surface area contributed by atoms with Gasteiger partial charge in [-0.25, -0.2) is 0 Å². The molecule has 1 amide bonds. The highest BCUT2D eigenvalue weighted by atomic mass is 16.5. The molecule has 4 nitrogen and oxygen atoms in total. The normalized spacial score (nSPS) is 21.5. The van der Waals surface area contributed by atoms with Crippen LogP contribution in [0, 0.1) is 0 Å². The van der Waals surface area contributed by atoms with Gasteiger partial charge in [0.15, 0.2) is 6.10 Å². The quantitative estimate of drug-likeness (QED) is 0.846. The number of hydrogen-bond acceptors (Lipinski definition) is 3. The van der Waals surface area contributed by atoms with Gasteiger partial charge in [0.1, 0.15) is 0 Å². The zero-order valence-corrected chi connectivity index (χ0v) is 10.0. The Morgan fingerprint density at radius 2 is 2.18 bits per heavy atom. The van der Waals surface area contributed by atoms with Crippen molar-refractivity contribution in [3.8, 4) is 0 Å². The third kappa shape index (κ3) is 2.65. The molecule has 0 aromatic heterocycles. The summed E-state index contributed by atoms with van der Waals surface area (Å²) in [6, 6.07) is 9.65. The average Bonchev–Trinajstić information content (AvgIpc) is 2.78. The highest BCUT2D eigenvalue weighted by Crippen LogP contribution is 2.21. The fraction of sp³-hybridized carbons (Fsp3) is 0.462. The smallest absolute Gasteiger partial charge is 0.256 e. The maximum Gasteiger partial charge on any atom is 0.256 e. The second-order valence-electron chi connectivity index (χ2n) is 4.36. The van der Waals surface area contributed by atoms with E-state index in [2.05, 4.69) is 0 Å². The molecule has 1 saturated heterocycles. The number of rotatable bonds is 3. The summed E-state index contributed by atoms with van der Waals surface area (Å²) in [5.74, 6) is 0.00616. The molecule has 1 aromatic rings. The molecule has 1 unspecified atom stereocenters. The van der Waals surface area contributed by atoms with Gasteiger partial charge in [0.2, 0.25) is 0 Å². The summed E-state index contributed by atoms with van der Waals surface area (Å²) in [4.78, 5) is 14.1. The number of benzene rings is 1. The van der Waals surface area contributed by atoms with E-state index in [9.17, 15) is 4.79 Å². The van der Waals surface area contributed by atoms with Crippen LogP contribution < -0.4 is 5.73 Å². The van der Waals surface area contributed by atoms with Gasteiger partial charge in [-0.05, 0) is 12.0 Å². The SMILES string of the molecule is COC(C(=O)N1CC[C@H](N)C1)c1ccccc1. The van der Waals surface area contributed by atoms with Gasteiger partial charge < -0.3 is 15.4 Å². The molecule has 2 rings (SSSR count). The fourth-order valence-corrected chi connectivity index (χ4v) is 2.16. The molecule has 92 valence electrons. The number of carbonyl (C=O) groups is 1. The van der Waals surface area contributed by atoms with Gasteiger partial charge in [-0.15, -0.1) is 0 Å². The van der Waals surface area contributed by atoms with E-state index in [-0.39, 0.29) is 11.9 Å². The zero-order valence-electron chi connectivity index (χ0n) is 10.0. The van der Waals surface area contributed by atoms with Gasteiger partial charge in [0.25, 0.3) is 5.91 Å². The first kappa shape index (κ1) is 12.1. The van der Waals surface area contributed by atoms with Gasteiger partial charge in [-0.2, -0.15) is 0 Å². The van der Waals surface area contributed by atoms with Crippen LogP contribution >= 0.6 is 0 Å². The minimum atomic E-state index is -0.513. The molecule has 1 heterocycles. The molecule has 1 fully saturated rings. The molecule has 0 aliphatic carbocycles. The topological polar surface area (TPSA) is 55.6 Å². The van der Waals surface area contributed by atoms with Crippen LogP contribution in [0.15, 0.2) is 30.3 Å². The minimum absolute atomic E-state index is 0.00616. The van der Waals surface area contributed by atoms with Crippen molar-refractivity contribution in [1.29, 1.82) is 0 Å². The van der Waals surface area contributed by atoms with Crippen molar-refractivity contribution in [3.63, 3.8) is 0 Å². The van der Waals surface area contributed by atoms with Crippen LogP contribution in [-0.2, 0) is 9.53 Å². The van der Waals surface area contributed by atoms with Crippen molar-refractivity contribution in [2.24, 2.45) is 5.73 Å². The summed E-state index contributed by atoms with van der Waals surface area (Å²) in [6.45, 7) is 1.36. The first-order valence-corrected chi connectivity index (χ1v) is 5.84. The van der Waals surface area contributed by atoms with E-state index in [4.69, 9.17) is 10.5 Å². The molecule has 2 atom stereocenters. The lowest BCUT2D eigenvalue weighted by Crippen LogP contribution is -2.36. The number of nitrogens with two attached hydrogens (primary N) is 1. The molecule has 2 N–H and O–H groups in total. The number of methoxy groups -OCH3 is 1. The second-order valence-corrected chi connectivity index (χ2v) is 4.36. The van der Waals surface area contributed by atoms with Crippen molar-refractivity contribution in [1.82, 2.24) is 4.90 Å². The average molecular weight is 234 g/mol. The standard InChI is InChI=1S/C13H18N2O2/c1-17-12(10-5-3-2-4-6-10)13(16)15-8-7-11(14)9-15/h2-6,11-12H,7-9,14H2,1H3/t11-,12?/m0/s1. The molecule has 0 spiro atoms. The molecule has 0 bridgehead atoms. The highest BCUT2D eigenvalue weighted by Gasteiger charge is 2.30. The summed E-state index contributed by atoms with van der Waals surface area (Å²) in [5.41, 5.74) is 6.70. The molecule has 4 heteroatoms. The molecular weight excluding hydrogens is 216 g/mol. The van der Waals surface area contributed by atoms with Crippen LogP contribution in [0.25, 0.3) is 0 Å². The Morgan fingerprint density at radius 1 is 1.47 bits per heavy atom. The van der Waals surface area contributed by atoms with Crippen molar-refractivity contribution < 1.29 is 9.53 Å². The highest BCUT2D eigenvalue weighted by molar-refractivity contribution is 5.82. The van der Waals surface area contributed by atoms with Gasteiger partial charge in [-0.3, -0.25) is 4.79 Å². The summed E-state index contributed by atoms with van der Waals surface area (Å²) >= 11 is 0. The van der Waals surface area contributed by atoms with Gasteiger partial charge in [0.05, 0.1) is 0 Å². The summed E-state index contributed by atoms with van der Waals surface area (Å²) in [7, 11) is 1.56. The molecule has 1 aromatic carbocycles. The third-order valence-electron chi connectivity index (χ3n) is 3.10. The minimum Gasteiger partial charge on any atom is -0.367 e. The Kier molecular flexibility index (Phi) is 3.76. The van der Waals surface area contributed by atoms with Crippen LogP contribution in [0.2, 0.25) is 0 Å². The van der Waals surface area contributed by atoms with Crippen LogP contribution in [-0.4, -0.2) is 37.0 Å². The monoisotopic (exact) mass is 234 g/mol. The largest absolute Gasteiger partial charge is 0.367 e. The van der Waals surface area contributed by atoms with Crippen molar-refractivity contribution in [2.75, 3.05) is 20.2 Å². The van der Waals surface area contributed by atoms with E-state index < -0.39 is 6.10 Å². The molecule has 0 saturated carbocycles. The Morgan fingerprint density at radius 3 is 2.71 bits per heavy atom. The van der Waals surface area contributed by atoms with E-state index in [1.54, 1.807) is 12.0 Å². The Labute approximate surface area is 101 Å². The summed E-state index contributed by atoms with van der Waals surface area (Å²) in [5, 5.41) is 0. The number of carbonyl (C=O) groups excluding carboxylic acids is 1. The summed E-state index contributed by atoms with van der Waals surface area (Å²) < 4.78 is 5.31. The molecule has 17 heavy (non-hydrogen) atoms. The van der Waals surface area contributed by atoms with E-state index >= 15 is 0 Å². The lowest BCUT2D eigenvalue weighted by atomic mass is 10.1. The summed E-state index contributed by atoms with van der Waals surface area (Å²) in [6.07, 6.45) is 0.359. The van der Waals surface area contributed by atoms with E-state index in [1.807, 2.05) is 30.3 Å². The van der Waals surface area contributed by atoms with Crippen LogP contribution in [0.4, 0.5) is 0 Å². The maximum atomic E-state index is 12.3. The second kappa shape index (κ2) is 5.29. The van der Waals surface area contributed by atoms with Gasteiger partial charge in [-0.1, -0.05) is 30.3 Å². The number of nitrogens with zero attached hydrogens (tertiary/aromatic N) is 1. The number of hydrogen-bond donors (Lipinski definition) is 1. The Balaban J connectivity index is 2.11. The molecular formula is C13H18N2O2. The maximum absolute atomic E-state index is 12.3. The van der Waals surface area contributed by atoms with Crippen LogP contribution in [0.3, 0.4) is 0 Å². The third-order valence-corrected chi connectivity index (χ3v) is 3.10. The van der Waals surface area contributed by atoms with Crippen LogP contribution in [0.5, 0.6) is 0 Å². The molecule has 1 aliphatic rings. The lowest BCUT2D eigenvalue weighted by molar-refractivity contribution is -0.141. The number of ether oxygens (including phenoxy) is 1. The molecule has 1 aliphatic heterocycles. The fourth-order valence-electron chi connectivity index (χ4n) is 2.16. The van der Waals surface area contributed by atoms with E-state index in [0.29, 0.717) is 6.54 Å². The Bertz CT molecular complexity index is 380. The van der Waals surface area contributed by atoms with Crippen molar-refractivity contribution >= 4 is 5.91 Å². The predicted octanol–water partition coefficient (Wildman–Crippen LogP) is 0.934. The zero-order chi connectivity index (χ0) is 12.3. The first-order valence-electron chi connectivity index (χ1n) is 5.84. The van der Waals surface area contributed by atoms with Crippen molar-refractivity contribution in [3.05, 3.63) is 35.9 Å². The molecule has 0 radical (unpaired) electrons. The van der Waals surface area contributed by atoms with Gasteiger partial charge in [0, 0.05) is 26.2 Å². The van der Waals surface area contributed by atoms with Gasteiger partial charge >= 0.3 is 0 Å². The van der Waals surface area contributed by atoms with Crippen molar-refractivity contribution in [2.45, 2.75) is 18.6 Å². The number of likely N-dealkylation sites (tertiary alicyclic amines) is 1. The lowest BCUT2D eigenvalue weighted by Gasteiger charge is -2.22.